The average molecular weight is 338 g/mol. The Morgan fingerprint density at radius 3 is 2.65 bits per heavy atom. The van der Waals surface area contributed by atoms with E-state index in [0.717, 1.165) is 11.6 Å². The first-order valence-corrected chi connectivity index (χ1v) is 7.37. The van der Waals surface area contributed by atoms with Crippen molar-refractivity contribution >= 4 is 23.2 Å². The van der Waals surface area contributed by atoms with E-state index in [9.17, 15) is 9.18 Å². The molecule has 0 atom stereocenters. The highest BCUT2D eigenvalue weighted by Crippen LogP contribution is 2.31. The number of aryl methyl sites for hydroxylation is 1. The quantitative estimate of drug-likeness (QED) is 0.864. The van der Waals surface area contributed by atoms with Crippen molar-refractivity contribution < 1.29 is 18.7 Å². The minimum atomic E-state index is -0.565. The maximum Gasteiger partial charge on any atom is 0.224 e. The van der Waals surface area contributed by atoms with Gasteiger partial charge in [-0.1, -0.05) is 23.7 Å². The molecule has 0 unspecified atom stereocenters. The van der Waals surface area contributed by atoms with Crippen molar-refractivity contribution in [1.29, 1.82) is 0 Å². The van der Waals surface area contributed by atoms with E-state index in [1.807, 2.05) is 12.1 Å². The number of carbonyl (C=O) groups excluding carboxylic acids is 1. The topological polar surface area (TPSA) is 47.6 Å². The summed E-state index contributed by atoms with van der Waals surface area (Å²) in [5, 5.41) is 2.81. The van der Waals surface area contributed by atoms with Crippen LogP contribution in [0.25, 0.3) is 0 Å². The van der Waals surface area contributed by atoms with Crippen molar-refractivity contribution in [2.75, 3.05) is 19.5 Å². The monoisotopic (exact) mass is 337 g/mol. The Morgan fingerprint density at radius 2 is 2.00 bits per heavy atom. The fourth-order valence-corrected chi connectivity index (χ4v) is 2.36. The molecule has 122 valence electrons. The molecule has 1 amide bonds. The predicted octanol–water partition coefficient (Wildman–Crippen LogP) is 4.07. The summed E-state index contributed by atoms with van der Waals surface area (Å²) in [6.45, 7) is 0. The molecule has 0 bridgehead atoms. The lowest BCUT2D eigenvalue weighted by molar-refractivity contribution is -0.116. The van der Waals surface area contributed by atoms with Gasteiger partial charge in [0, 0.05) is 11.4 Å². The number of amides is 1. The van der Waals surface area contributed by atoms with Crippen LogP contribution in [0, 0.1) is 5.82 Å². The molecule has 4 nitrogen and oxygen atoms in total. The highest BCUT2D eigenvalue weighted by molar-refractivity contribution is 6.30. The van der Waals surface area contributed by atoms with Crippen LogP contribution in [-0.4, -0.2) is 20.1 Å². The molecule has 2 aromatic rings. The van der Waals surface area contributed by atoms with Crippen LogP contribution in [0.5, 0.6) is 11.5 Å². The highest BCUT2D eigenvalue weighted by atomic mass is 35.5. The van der Waals surface area contributed by atoms with Gasteiger partial charge >= 0.3 is 0 Å². The summed E-state index contributed by atoms with van der Waals surface area (Å²) in [5.74, 6) is 0.343. The van der Waals surface area contributed by atoms with E-state index in [0.29, 0.717) is 17.9 Å². The van der Waals surface area contributed by atoms with Gasteiger partial charge in [-0.2, -0.15) is 0 Å². The lowest BCUT2D eigenvalue weighted by Gasteiger charge is -2.12. The van der Waals surface area contributed by atoms with Crippen LogP contribution in [0.1, 0.15) is 12.0 Å². The minimum absolute atomic E-state index is 0.108. The number of halogens is 2. The molecule has 2 rings (SSSR count). The Hall–Kier alpha value is -2.27. The van der Waals surface area contributed by atoms with Crippen molar-refractivity contribution in [1.82, 2.24) is 0 Å². The second kappa shape index (κ2) is 7.83. The van der Waals surface area contributed by atoms with Crippen molar-refractivity contribution in [2.45, 2.75) is 12.8 Å². The van der Waals surface area contributed by atoms with Gasteiger partial charge in [-0.15, -0.1) is 0 Å². The van der Waals surface area contributed by atoms with E-state index in [1.165, 1.54) is 12.1 Å². The van der Waals surface area contributed by atoms with Gasteiger partial charge in [-0.3, -0.25) is 4.79 Å². The van der Waals surface area contributed by atoms with Crippen molar-refractivity contribution in [3.05, 3.63) is 52.8 Å². The van der Waals surface area contributed by atoms with Crippen molar-refractivity contribution in [3.63, 3.8) is 0 Å². The molecule has 0 aliphatic carbocycles. The van der Waals surface area contributed by atoms with Gasteiger partial charge in [0.15, 0.2) is 11.5 Å². The van der Waals surface area contributed by atoms with Crippen molar-refractivity contribution in [2.24, 2.45) is 0 Å². The number of ether oxygens (including phenoxy) is 2. The summed E-state index contributed by atoms with van der Waals surface area (Å²) >= 11 is 5.68. The van der Waals surface area contributed by atoms with Crippen LogP contribution in [0.3, 0.4) is 0 Å². The summed E-state index contributed by atoms with van der Waals surface area (Å²) < 4.78 is 24.2. The van der Waals surface area contributed by atoms with Gasteiger partial charge in [0.2, 0.25) is 5.91 Å². The molecule has 0 aliphatic rings. The molecule has 0 radical (unpaired) electrons. The third-order valence-corrected chi connectivity index (χ3v) is 3.55. The first kappa shape index (κ1) is 17.1. The van der Waals surface area contributed by atoms with Gasteiger partial charge in [0.05, 0.1) is 19.9 Å². The van der Waals surface area contributed by atoms with Gasteiger partial charge < -0.3 is 14.8 Å². The first-order chi connectivity index (χ1) is 11.0. The zero-order valence-electron chi connectivity index (χ0n) is 12.9. The third-order valence-electron chi connectivity index (χ3n) is 3.31. The fourth-order valence-electron chi connectivity index (χ4n) is 2.20. The van der Waals surface area contributed by atoms with E-state index >= 15 is 0 Å². The van der Waals surface area contributed by atoms with Crippen LogP contribution in [-0.2, 0) is 11.2 Å². The van der Waals surface area contributed by atoms with Crippen LogP contribution in [0.4, 0.5) is 10.1 Å². The summed E-state index contributed by atoms with van der Waals surface area (Å²) in [7, 11) is 3.10. The number of hydrogen-bond donors (Lipinski definition) is 1. The number of rotatable bonds is 6. The van der Waals surface area contributed by atoms with Gasteiger partial charge in [-0.25, -0.2) is 4.39 Å². The minimum Gasteiger partial charge on any atom is -0.493 e. The molecule has 6 heteroatoms. The van der Waals surface area contributed by atoms with Gasteiger partial charge in [0.25, 0.3) is 0 Å². The number of benzene rings is 2. The third kappa shape index (κ3) is 4.36. The number of methoxy groups -OCH3 is 2. The van der Waals surface area contributed by atoms with Crippen LogP contribution in [0.15, 0.2) is 36.4 Å². The number of nitrogens with one attached hydrogen (secondary N) is 1. The SMILES string of the molecule is COc1cccc(CCC(=O)Nc2ccc(Cl)cc2F)c1OC. The van der Waals surface area contributed by atoms with Gasteiger partial charge in [-0.05, 0) is 36.2 Å². The molecule has 0 aromatic heterocycles. The Bertz CT molecular complexity index is 706. The molecule has 1 N–H and O–H groups in total. The molecule has 0 fully saturated rings. The lowest BCUT2D eigenvalue weighted by Crippen LogP contribution is -2.13. The normalized spacial score (nSPS) is 10.3. The Kier molecular flexibility index (Phi) is 5.82. The standard InChI is InChI=1S/C17H17ClFNO3/c1-22-15-5-3-4-11(17(15)23-2)6-9-16(21)20-14-8-7-12(18)10-13(14)19/h3-5,7-8,10H,6,9H2,1-2H3,(H,20,21). The smallest absolute Gasteiger partial charge is 0.224 e. The maximum absolute atomic E-state index is 13.7. The number of hydrogen-bond acceptors (Lipinski definition) is 3. The fraction of sp³-hybridized carbons (Fsp3) is 0.235. The average Bonchev–Trinajstić information content (AvgIpc) is 2.55. The predicted molar refractivity (Wildman–Crippen MR) is 87.9 cm³/mol. The van der Waals surface area contributed by atoms with Crippen LogP contribution >= 0.6 is 11.6 Å². The number of anilines is 1. The Labute approximate surface area is 139 Å². The second-order valence-corrected chi connectivity index (χ2v) is 5.26. The highest BCUT2D eigenvalue weighted by Gasteiger charge is 2.12. The number of para-hydroxylation sites is 1. The summed E-state index contributed by atoms with van der Waals surface area (Å²) in [6.07, 6.45) is 0.632. The maximum atomic E-state index is 13.7. The van der Waals surface area contributed by atoms with E-state index in [4.69, 9.17) is 21.1 Å². The lowest BCUT2D eigenvalue weighted by atomic mass is 10.1. The molecule has 0 saturated heterocycles. The van der Waals surface area contributed by atoms with Crippen LogP contribution in [0.2, 0.25) is 5.02 Å². The molecule has 0 spiro atoms. The first-order valence-electron chi connectivity index (χ1n) is 7.00. The van der Waals surface area contributed by atoms with Gasteiger partial charge in [0.1, 0.15) is 5.82 Å². The molecule has 23 heavy (non-hydrogen) atoms. The zero-order chi connectivity index (χ0) is 16.8. The molecule has 0 heterocycles. The zero-order valence-corrected chi connectivity index (χ0v) is 13.6. The Morgan fingerprint density at radius 1 is 1.22 bits per heavy atom. The van der Waals surface area contributed by atoms with E-state index in [2.05, 4.69) is 5.32 Å². The van der Waals surface area contributed by atoms with Crippen molar-refractivity contribution in [3.8, 4) is 11.5 Å². The number of carbonyl (C=O) groups is 1. The molecule has 2 aromatic carbocycles. The van der Waals surface area contributed by atoms with E-state index in [1.54, 1.807) is 20.3 Å². The van der Waals surface area contributed by atoms with E-state index in [-0.39, 0.29) is 23.0 Å². The molecule has 0 aliphatic heterocycles. The summed E-state index contributed by atoms with van der Waals surface area (Å²) in [4.78, 5) is 12.0. The molecular weight excluding hydrogens is 321 g/mol. The van der Waals surface area contributed by atoms with E-state index < -0.39 is 5.82 Å². The summed E-state index contributed by atoms with van der Waals surface area (Å²) in [5.41, 5.74) is 0.954. The Balaban J connectivity index is 2.02. The summed E-state index contributed by atoms with van der Waals surface area (Å²) in [6, 6.07) is 9.58. The molecular formula is C17H17ClFNO3. The largest absolute Gasteiger partial charge is 0.493 e. The second-order valence-electron chi connectivity index (χ2n) is 4.82. The van der Waals surface area contributed by atoms with Crippen LogP contribution < -0.4 is 14.8 Å². The molecule has 0 saturated carbocycles.